The van der Waals surface area contributed by atoms with E-state index in [1.807, 2.05) is 39.8 Å². The average molecular weight is 231 g/mol. The maximum absolute atomic E-state index is 5.84. The number of anilines is 1. The zero-order valence-electron chi connectivity index (χ0n) is 10.6. The standard InChI is InChI=1S/C13H17N3O/c1-7(2)12-15-13(17-16-12)11-6-10(14)5-8(3)9(11)4/h5-7H,14H2,1-4H3. The second kappa shape index (κ2) is 4.20. The van der Waals surface area contributed by atoms with Gasteiger partial charge < -0.3 is 10.3 Å². The molecule has 0 saturated carbocycles. The first-order valence-corrected chi connectivity index (χ1v) is 5.69. The second-order valence-corrected chi connectivity index (χ2v) is 4.62. The van der Waals surface area contributed by atoms with Crippen LogP contribution >= 0.6 is 0 Å². The predicted molar refractivity (Wildman–Crippen MR) is 67.7 cm³/mol. The van der Waals surface area contributed by atoms with E-state index in [-0.39, 0.29) is 5.92 Å². The van der Waals surface area contributed by atoms with Crippen molar-refractivity contribution in [1.29, 1.82) is 0 Å². The fraction of sp³-hybridized carbons (Fsp3) is 0.385. The van der Waals surface area contributed by atoms with E-state index >= 15 is 0 Å². The molecule has 0 atom stereocenters. The van der Waals surface area contributed by atoms with Crippen molar-refractivity contribution < 1.29 is 4.52 Å². The molecule has 90 valence electrons. The minimum absolute atomic E-state index is 0.259. The average Bonchev–Trinajstić information content (AvgIpc) is 2.72. The van der Waals surface area contributed by atoms with E-state index in [1.165, 1.54) is 0 Å². The van der Waals surface area contributed by atoms with Gasteiger partial charge in [0, 0.05) is 17.2 Å². The van der Waals surface area contributed by atoms with E-state index in [1.54, 1.807) is 0 Å². The van der Waals surface area contributed by atoms with Crippen LogP contribution in [0.2, 0.25) is 0 Å². The molecule has 2 N–H and O–H groups in total. The quantitative estimate of drug-likeness (QED) is 0.807. The molecule has 0 aliphatic carbocycles. The topological polar surface area (TPSA) is 64.9 Å². The van der Waals surface area contributed by atoms with Gasteiger partial charge in [0.1, 0.15) is 0 Å². The molecule has 1 aromatic heterocycles. The Balaban J connectivity index is 2.52. The minimum Gasteiger partial charge on any atom is -0.399 e. The van der Waals surface area contributed by atoms with Gasteiger partial charge in [0.2, 0.25) is 0 Å². The Kier molecular flexibility index (Phi) is 2.88. The summed E-state index contributed by atoms with van der Waals surface area (Å²) < 4.78 is 5.29. The van der Waals surface area contributed by atoms with Gasteiger partial charge in [-0.3, -0.25) is 0 Å². The first-order valence-electron chi connectivity index (χ1n) is 5.69. The molecule has 1 heterocycles. The van der Waals surface area contributed by atoms with Crippen LogP contribution in [0, 0.1) is 13.8 Å². The van der Waals surface area contributed by atoms with Crippen LogP contribution in [-0.2, 0) is 0 Å². The molecular weight excluding hydrogens is 214 g/mol. The van der Waals surface area contributed by atoms with Gasteiger partial charge in [-0.15, -0.1) is 0 Å². The normalized spacial score (nSPS) is 11.1. The molecule has 4 nitrogen and oxygen atoms in total. The highest BCUT2D eigenvalue weighted by molar-refractivity contribution is 5.66. The van der Waals surface area contributed by atoms with Crippen LogP contribution in [0.25, 0.3) is 11.5 Å². The fourth-order valence-corrected chi connectivity index (χ4v) is 1.69. The molecule has 4 heteroatoms. The van der Waals surface area contributed by atoms with Gasteiger partial charge in [-0.1, -0.05) is 19.0 Å². The summed E-state index contributed by atoms with van der Waals surface area (Å²) in [6.07, 6.45) is 0. The van der Waals surface area contributed by atoms with E-state index in [2.05, 4.69) is 10.1 Å². The van der Waals surface area contributed by atoms with Crippen molar-refractivity contribution in [3.63, 3.8) is 0 Å². The summed E-state index contributed by atoms with van der Waals surface area (Å²) in [5.74, 6) is 1.52. The number of hydrogen-bond acceptors (Lipinski definition) is 4. The number of hydrogen-bond donors (Lipinski definition) is 1. The monoisotopic (exact) mass is 231 g/mol. The van der Waals surface area contributed by atoms with E-state index in [4.69, 9.17) is 10.3 Å². The van der Waals surface area contributed by atoms with Gasteiger partial charge in [0.15, 0.2) is 5.82 Å². The molecule has 0 fully saturated rings. The highest BCUT2D eigenvalue weighted by atomic mass is 16.5. The van der Waals surface area contributed by atoms with Gasteiger partial charge in [-0.25, -0.2) is 0 Å². The maximum Gasteiger partial charge on any atom is 0.258 e. The summed E-state index contributed by atoms with van der Waals surface area (Å²) in [6.45, 7) is 8.12. The molecule has 0 unspecified atom stereocenters. The summed E-state index contributed by atoms with van der Waals surface area (Å²) in [5.41, 5.74) is 9.73. The predicted octanol–water partition coefficient (Wildman–Crippen LogP) is 3.06. The Morgan fingerprint density at radius 2 is 1.94 bits per heavy atom. The lowest BCUT2D eigenvalue weighted by Crippen LogP contribution is -1.94. The molecule has 0 saturated heterocycles. The molecule has 17 heavy (non-hydrogen) atoms. The van der Waals surface area contributed by atoms with Crippen LogP contribution in [0.3, 0.4) is 0 Å². The molecule has 0 spiro atoms. The van der Waals surface area contributed by atoms with Crippen molar-refractivity contribution >= 4 is 5.69 Å². The lowest BCUT2D eigenvalue weighted by Gasteiger charge is -2.06. The third-order valence-corrected chi connectivity index (χ3v) is 2.88. The first-order chi connectivity index (χ1) is 7.99. The van der Waals surface area contributed by atoms with Gasteiger partial charge in [-0.2, -0.15) is 4.98 Å². The highest BCUT2D eigenvalue weighted by Crippen LogP contribution is 2.27. The summed E-state index contributed by atoms with van der Waals surface area (Å²) >= 11 is 0. The SMILES string of the molecule is Cc1cc(N)cc(-c2nc(C(C)C)no2)c1C. The Labute approximate surface area is 101 Å². The second-order valence-electron chi connectivity index (χ2n) is 4.62. The van der Waals surface area contributed by atoms with Gasteiger partial charge in [0.25, 0.3) is 5.89 Å². The maximum atomic E-state index is 5.84. The lowest BCUT2D eigenvalue weighted by molar-refractivity contribution is 0.419. The summed E-state index contributed by atoms with van der Waals surface area (Å²) in [5, 5.41) is 3.97. The highest BCUT2D eigenvalue weighted by Gasteiger charge is 2.14. The number of nitrogens with zero attached hydrogens (tertiary/aromatic N) is 2. The zero-order chi connectivity index (χ0) is 12.6. The molecule has 0 aliphatic heterocycles. The third kappa shape index (κ3) is 2.16. The number of nitrogens with two attached hydrogens (primary N) is 1. The molecule has 0 radical (unpaired) electrons. The van der Waals surface area contributed by atoms with E-state index in [9.17, 15) is 0 Å². The van der Waals surface area contributed by atoms with Crippen molar-refractivity contribution in [1.82, 2.24) is 10.1 Å². The largest absolute Gasteiger partial charge is 0.399 e. The van der Waals surface area contributed by atoms with Crippen LogP contribution in [0.4, 0.5) is 5.69 Å². The Morgan fingerprint density at radius 1 is 1.24 bits per heavy atom. The summed E-state index contributed by atoms with van der Waals surface area (Å²) in [7, 11) is 0. The van der Waals surface area contributed by atoms with Crippen molar-refractivity contribution in [2.24, 2.45) is 0 Å². The van der Waals surface area contributed by atoms with Crippen molar-refractivity contribution in [3.8, 4) is 11.5 Å². The van der Waals surface area contributed by atoms with Gasteiger partial charge in [-0.05, 0) is 37.1 Å². The van der Waals surface area contributed by atoms with Crippen LogP contribution < -0.4 is 5.73 Å². The van der Waals surface area contributed by atoms with Gasteiger partial charge >= 0.3 is 0 Å². The smallest absolute Gasteiger partial charge is 0.258 e. The van der Waals surface area contributed by atoms with E-state index in [0.29, 0.717) is 11.6 Å². The molecule has 0 aliphatic rings. The summed E-state index contributed by atoms with van der Waals surface area (Å²) in [4.78, 5) is 4.39. The van der Waals surface area contributed by atoms with Crippen LogP contribution in [0.5, 0.6) is 0 Å². The third-order valence-electron chi connectivity index (χ3n) is 2.88. The number of aromatic nitrogens is 2. The van der Waals surface area contributed by atoms with Crippen molar-refractivity contribution in [3.05, 3.63) is 29.1 Å². The molecular formula is C13H17N3O. The molecule has 2 aromatic rings. The van der Waals surface area contributed by atoms with E-state index in [0.717, 1.165) is 22.5 Å². The van der Waals surface area contributed by atoms with Gasteiger partial charge in [0.05, 0.1) is 0 Å². The lowest BCUT2D eigenvalue weighted by atomic mass is 10.0. The molecule has 2 rings (SSSR count). The van der Waals surface area contributed by atoms with Crippen molar-refractivity contribution in [2.75, 3.05) is 5.73 Å². The Morgan fingerprint density at radius 3 is 2.53 bits per heavy atom. The zero-order valence-corrected chi connectivity index (χ0v) is 10.6. The van der Waals surface area contributed by atoms with Crippen LogP contribution in [0.1, 0.15) is 36.7 Å². The number of benzene rings is 1. The van der Waals surface area contributed by atoms with E-state index < -0.39 is 0 Å². The van der Waals surface area contributed by atoms with Crippen molar-refractivity contribution in [2.45, 2.75) is 33.6 Å². The molecule has 0 amide bonds. The van der Waals surface area contributed by atoms with Crippen LogP contribution in [0.15, 0.2) is 16.7 Å². The summed E-state index contributed by atoms with van der Waals surface area (Å²) in [6, 6.07) is 3.82. The minimum atomic E-state index is 0.259. The first kappa shape index (κ1) is 11.6. The Hall–Kier alpha value is -1.84. The van der Waals surface area contributed by atoms with Crippen LogP contribution in [-0.4, -0.2) is 10.1 Å². The molecule has 0 bridgehead atoms. The molecule has 1 aromatic carbocycles. The fourth-order valence-electron chi connectivity index (χ4n) is 1.69. The number of aryl methyl sites for hydroxylation is 1. The number of rotatable bonds is 2. The number of nitrogen functional groups attached to an aromatic ring is 1. The Bertz CT molecular complexity index is 544.